The van der Waals surface area contributed by atoms with Crippen LogP contribution < -0.4 is 0 Å². The average molecular weight is 267 g/mol. The number of hydrogen-bond acceptors (Lipinski definition) is 2. The van der Waals surface area contributed by atoms with Crippen LogP contribution in [-0.2, 0) is 9.53 Å². The van der Waals surface area contributed by atoms with Gasteiger partial charge in [-0.25, -0.2) is 4.79 Å². The molecule has 0 N–H and O–H groups in total. The largest absolute Gasteiger partial charge is 0.465 e. The van der Waals surface area contributed by atoms with Crippen LogP contribution in [0.5, 0.6) is 0 Å². The van der Waals surface area contributed by atoms with Crippen molar-refractivity contribution in [3.63, 3.8) is 0 Å². The second-order valence-corrected chi connectivity index (χ2v) is 3.63. The lowest BCUT2D eigenvalue weighted by molar-refractivity contribution is -0.135. The highest BCUT2D eigenvalue weighted by Gasteiger charge is 2.01. The molecule has 2 nitrogen and oxygen atoms in total. The van der Waals surface area contributed by atoms with Gasteiger partial charge in [-0.1, -0.05) is 42.5 Å². The Kier molecular flexibility index (Phi) is 4.84. The summed E-state index contributed by atoms with van der Waals surface area (Å²) in [5.74, 6) is -0.382. The lowest BCUT2D eigenvalue weighted by Gasteiger charge is -1.93. The molecule has 0 heterocycles. The molecule has 0 saturated heterocycles. The van der Waals surface area contributed by atoms with E-state index in [1.54, 1.807) is 12.2 Å². The first kappa shape index (κ1) is 11.7. The topological polar surface area (TPSA) is 26.3 Å². The van der Waals surface area contributed by atoms with E-state index in [2.05, 4.69) is 20.7 Å². The van der Waals surface area contributed by atoms with Crippen LogP contribution in [0.15, 0.2) is 47.0 Å². The number of esters is 1. The normalized spacial score (nSPS) is 11.7. The minimum absolute atomic E-state index is 0.382. The molecule has 15 heavy (non-hydrogen) atoms. The Labute approximate surface area is 97.4 Å². The van der Waals surface area contributed by atoms with Crippen molar-refractivity contribution >= 4 is 28.0 Å². The van der Waals surface area contributed by atoms with E-state index in [9.17, 15) is 4.79 Å². The summed E-state index contributed by atoms with van der Waals surface area (Å²) < 4.78 is 4.93. The molecule has 78 valence electrons. The van der Waals surface area contributed by atoms with Crippen LogP contribution in [0.3, 0.4) is 0 Å². The molecule has 0 aliphatic heterocycles. The first-order chi connectivity index (χ1) is 7.24. The van der Waals surface area contributed by atoms with Crippen molar-refractivity contribution < 1.29 is 9.53 Å². The Morgan fingerprint density at radius 3 is 2.60 bits per heavy atom. The molecular weight excluding hydrogens is 256 g/mol. The van der Waals surface area contributed by atoms with E-state index in [1.807, 2.05) is 36.4 Å². The second-order valence-electron chi connectivity index (χ2n) is 2.78. The minimum Gasteiger partial charge on any atom is -0.465 e. The van der Waals surface area contributed by atoms with E-state index in [-0.39, 0.29) is 5.97 Å². The molecule has 0 aliphatic rings. The van der Waals surface area contributed by atoms with E-state index in [4.69, 9.17) is 0 Å². The molecule has 0 bridgehead atoms. The van der Waals surface area contributed by atoms with Crippen molar-refractivity contribution in [3.05, 3.63) is 52.5 Å². The molecule has 0 amide bonds. The lowest BCUT2D eigenvalue weighted by atomic mass is 10.2. The summed E-state index contributed by atoms with van der Waals surface area (Å²) in [6, 6.07) is 9.84. The van der Waals surface area contributed by atoms with E-state index in [0.29, 0.717) is 4.48 Å². The monoisotopic (exact) mass is 266 g/mol. The molecule has 0 atom stereocenters. The van der Waals surface area contributed by atoms with Gasteiger partial charge in [0.25, 0.3) is 0 Å². The number of methoxy groups -OCH3 is 1. The molecule has 3 heteroatoms. The van der Waals surface area contributed by atoms with Gasteiger partial charge in [-0.15, -0.1) is 0 Å². The lowest BCUT2D eigenvalue weighted by Crippen LogP contribution is -1.98. The number of carbonyl (C=O) groups excluding carboxylic acids is 1. The zero-order valence-corrected chi connectivity index (χ0v) is 9.90. The van der Waals surface area contributed by atoms with Gasteiger partial charge in [0, 0.05) is 0 Å². The summed E-state index contributed by atoms with van der Waals surface area (Å²) in [5, 5.41) is 0. The fraction of sp³-hybridized carbons (Fsp3) is 0.0833. The Balaban J connectivity index is 2.64. The Morgan fingerprint density at radius 2 is 2.00 bits per heavy atom. The van der Waals surface area contributed by atoms with Crippen molar-refractivity contribution in [1.82, 2.24) is 0 Å². The molecule has 0 spiro atoms. The van der Waals surface area contributed by atoms with Crippen LogP contribution in [0.2, 0.25) is 0 Å². The van der Waals surface area contributed by atoms with Crippen LogP contribution in [0, 0.1) is 0 Å². The van der Waals surface area contributed by atoms with Gasteiger partial charge in [-0.2, -0.15) is 0 Å². The van der Waals surface area contributed by atoms with E-state index < -0.39 is 0 Å². The summed E-state index contributed by atoms with van der Waals surface area (Å²) in [6.45, 7) is 0. The molecule has 0 aliphatic carbocycles. The first-order valence-electron chi connectivity index (χ1n) is 4.41. The van der Waals surface area contributed by atoms with Crippen LogP contribution in [0.4, 0.5) is 0 Å². The van der Waals surface area contributed by atoms with Gasteiger partial charge in [0.2, 0.25) is 0 Å². The SMILES string of the molecule is COC(=O)/C(Br)=C/C=C/c1ccccc1. The van der Waals surface area contributed by atoms with Crippen LogP contribution in [-0.4, -0.2) is 13.1 Å². The smallest absolute Gasteiger partial charge is 0.344 e. The van der Waals surface area contributed by atoms with Gasteiger partial charge >= 0.3 is 5.97 Å². The number of halogens is 1. The van der Waals surface area contributed by atoms with Gasteiger partial charge in [0.05, 0.1) is 7.11 Å². The summed E-state index contributed by atoms with van der Waals surface area (Å²) in [4.78, 5) is 11.0. The highest BCUT2D eigenvalue weighted by Crippen LogP contribution is 2.08. The number of benzene rings is 1. The third-order valence-corrected chi connectivity index (χ3v) is 2.30. The third kappa shape index (κ3) is 4.13. The molecule has 0 unspecified atom stereocenters. The van der Waals surface area contributed by atoms with Crippen LogP contribution >= 0.6 is 15.9 Å². The molecule has 1 rings (SSSR count). The molecule has 1 aromatic rings. The predicted octanol–water partition coefficient (Wildman–Crippen LogP) is 3.15. The van der Waals surface area contributed by atoms with Crippen molar-refractivity contribution in [1.29, 1.82) is 0 Å². The highest BCUT2D eigenvalue weighted by molar-refractivity contribution is 9.12. The number of carbonyl (C=O) groups is 1. The van der Waals surface area contributed by atoms with Gasteiger partial charge in [-0.3, -0.25) is 0 Å². The number of ether oxygens (including phenoxy) is 1. The van der Waals surface area contributed by atoms with E-state index >= 15 is 0 Å². The molecule has 1 aromatic carbocycles. The zero-order chi connectivity index (χ0) is 11.1. The zero-order valence-electron chi connectivity index (χ0n) is 8.31. The van der Waals surface area contributed by atoms with Crippen molar-refractivity contribution in [2.75, 3.05) is 7.11 Å². The molecule has 0 aromatic heterocycles. The number of hydrogen-bond donors (Lipinski definition) is 0. The number of allylic oxidation sites excluding steroid dienone is 2. The van der Waals surface area contributed by atoms with Crippen molar-refractivity contribution in [2.24, 2.45) is 0 Å². The fourth-order valence-electron chi connectivity index (χ4n) is 0.973. The van der Waals surface area contributed by atoms with E-state index in [1.165, 1.54) is 7.11 Å². The maximum atomic E-state index is 11.0. The first-order valence-corrected chi connectivity index (χ1v) is 5.20. The predicted molar refractivity (Wildman–Crippen MR) is 64.5 cm³/mol. The van der Waals surface area contributed by atoms with Crippen LogP contribution in [0.25, 0.3) is 6.08 Å². The Morgan fingerprint density at radius 1 is 1.33 bits per heavy atom. The average Bonchev–Trinajstić information content (AvgIpc) is 2.29. The molecule has 0 fully saturated rings. The Bertz CT molecular complexity index is 380. The second kappa shape index (κ2) is 6.19. The summed E-state index contributed by atoms with van der Waals surface area (Å²) in [6.07, 6.45) is 5.35. The molecule has 0 saturated carbocycles. The third-order valence-electron chi connectivity index (χ3n) is 1.71. The Hall–Kier alpha value is -1.35. The van der Waals surface area contributed by atoms with Gasteiger partial charge in [0.15, 0.2) is 0 Å². The van der Waals surface area contributed by atoms with E-state index in [0.717, 1.165) is 5.56 Å². The number of rotatable bonds is 3. The fourth-order valence-corrected chi connectivity index (χ4v) is 1.29. The summed E-state index contributed by atoms with van der Waals surface area (Å²) >= 11 is 3.11. The van der Waals surface area contributed by atoms with Crippen molar-refractivity contribution in [3.8, 4) is 0 Å². The van der Waals surface area contributed by atoms with Gasteiger partial charge < -0.3 is 4.74 Å². The van der Waals surface area contributed by atoms with Crippen molar-refractivity contribution in [2.45, 2.75) is 0 Å². The van der Waals surface area contributed by atoms with Crippen LogP contribution in [0.1, 0.15) is 5.56 Å². The summed E-state index contributed by atoms with van der Waals surface area (Å²) in [5.41, 5.74) is 1.08. The highest BCUT2D eigenvalue weighted by atomic mass is 79.9. The maximum absolute atomic E-state index is 11.0. The van der Waals surface area contributed by atoms with Gasteiger partial charge in [0.1, 0.15) is 4.48 Å². The maximum Gasteiger partial charge on any atom is 0.344 e. The minimum atomic E-state index is -0.382. The standard InChI is InChI=1S/C12H11BrO2/c1-15-12(14)11(13)9-5-8-10-6-3-2-4-7-10/h2-9H,1H3/b8-5+,11-9-. The van der Waals surface area contributed by atoms with Gasteiger partial charge in [-0.05, 0) is 27.6 Å². The molecular formula is C12H11BrO2. The molecule has 0 radical (unpaired) electrons. The quantitative estimate of drug-likeness (QED) is 0.477. The summed E-state index contributed by atoms with van der Waals surface area (Å²) in [7, 11) is 1.35.